The summed E-state index contributed by atoms with van der Waals surface area (Å²) in [6.07, 6.45) is 0. The summed E-state index contributed by atoms with van der Waals surface area (Å²) in [6, 6.07) is 11.4. The van der Waals surface area contributed by atoms with Gasteiger partial charge in [0.25, 0.3) is 17.5 Å². The molecule has 8 heteroatoms. The Labute approximate surface area is 162 Å². The Morgan fingerprint density at radius 1 is 1.00 bits per heavy atom. The van der Waals surface area contributed by atoms with Gasteiger partial charge in [-0.15, -0.1) is 0 Å². The topological polar surface area (TPSA) is 93.0 Å². The zero-order valence-corrected chi connectivity index (χ0v) is 15.8. The van der Waals surface area contributed by atoms with Gasteiger partial charge in [-0.2, -0.15) is 0 Å². The number of nitro groups is 1. The van der Waals surface area contributed by atoms with Crippen LogP contribution in [0.5, 0.6) is 5.75 Å². The maximum Gasteiger partial charge on any atom is 0.273 e. The predicted molar refractivity (Wildman–Crippen MR) is 103 cm³/mol. The number of carbonyl (C=O) groups excluding carboxylic acids is 2. The van der Waals surface area contributed by atoms with Gasteiger partial charge in [0.05, 0.1) is 12.0 Å². The second kappa shape index (κ2) is 8.08. The average Bonchev–Trinajstić information content (AvgIpc) is 2.73. The summed E-state index contributed by atoms with van der Waals surface area (Å²) in [7, 11) is 1.55. The Kier molecular flexibility index (Phi) is 5.58. The van der Waals surface area contributed by atoms with Crippen molar-refractivity contribution in [1.29, 1.82) is 0 Å². The van der Waals surface area contributed by atoms with Crippen LogP contribution in [0.4, 0.5) is 5.69 Å². The molecule has 0 bridgehead atoms. The fraction of sp³-hybridized carbons (Fsp3) is 0.300. The van der Waals surface area contributed by atoms with Crippen LogP contribution in [0.1, 0.15) is 26.3 Å². The van der Waals surface area contributed by atoms with E-state index in [1.165, 1.54) is 12.1 Å². The van der Waals surface area contributed by atoms with Gasteiger partial charge in [-0.05, 0) is 31.2 Å². The maximum atomic E-state index is 12.8. The van der Waals surface area contributed by atoms with Crippen molar-refractivity contribution in [2.75, 3.05) is 33.3 Å². The van der Waals surface area contributed by atoms with Gasteiger partial charge in [0.1, 0.15) is 5.75 Å². The summed E-state index contributed by atoms with van der Waals surface area (Å²) in [5, 5.41) is 11.1. The van der Waals surface area contributed by atoms with E-state index in [9.17, 15) is 19.7 Å². The molecule has 8 nitrogen and oxygen atoms in total. The molecule has 0 atom stereocenters. The van der Waals surface area contributed by atoms with E-state index in [1.54, 1.807) is 54.2 Å². The van der Waals surface area contributed by atoms with E-state index in [4.69, 9.17) is 4.74 Å². The van der Waals surface area contributed by atoms with Crippen molar-refractivity contribution >= 4 is 17.5 Å². The highest BCUT2D eigenvalue weighted by Crippen LogP contribution is 2.23. The number of methoxy groups -OCH3 is 1. The summed E-state index contributed by atoms with van der Waals surface area (Å²) in [6.45, 7) is 3.12. The van der Waals surface area contributed by atoms with Crippen LogP contribution in [0.2, 0.25) is 0 Å². The molecule has 0 aliphatic carbocycles. The first kappa shape index (κ1) is 19.3. The molecule has 1 fully saturated rings. The lowest BCUT2D eigenvalue weighted by Crippen LogP contribution is -2.50. The number of piperazine rings is 1. The minimum atomic E-state index is -0.489. The summed E-state index contributed by atoms with van der Waals surface area (Å²) >= 11 is 0. The van der Waals surface area contributed by atoms with Crippen LogP contribution in [0.25, 0.3) is 0 Å². The van der Waals surface area contributed by atoms with E-state index >= 15 is 0 Å². The van der Waals surface area contributed by atoms with Crippen LogP contribution in [-0.2, 0) is 0 Å². The third kappa shape index (κ3) is 3.80. The highest BCUT2D eigenvalue weighted by atomic mass is 16.6. The van der Waals surface area contributed by atoms with E-state index in [1.807, 2.05) is 0 Å². The average molecular weight is 383 g/mol. The number of amides is 2. The molecular weight excluding hydrogens is 362 g/mol. The SMILES string of the molecule is COc1cccc(C(=O)N2CCN(C(=O)c3cccc([N+](=O)[O-])c3C)CC2)c1. The van der Waals surface area contributed by atoms with Crippen molar-refractivity contribution in [3.05, 3.63) is 69.3 Å². The first-order chi connectivity index (χ1) is 13.4. The van der Waals surface area contributed by atoms with Crippen LogP contribution in [0, 0.1) is 17.0 Å². The molecule has 146 valence electrons. The Balaban J connectivity index is 1.68. The van der Waals surface area contributed by atoms with Crippen LogP contribution in [0.3, 0.4) is 0 Å². The second-order valence-electron chi connectivity index (χ2n) is 6.52. The number of rotatable bonds is 4. The van der Waals surface area contributed by atoms with Crippen LogP contribution in [0.15, 0.2) is 42.5 Å². The smallest absolute Gasteiger partial charge is 0.273 e. The van der Waals surface area contributed by atoms with Gasteiger partial charge in [-0.1, -0.05) is 12.1 Å². The molecule has 3 rings (SSSR count). The lowest BCUT2D eigenvalue weighted by Gasteiger charge is -2.35. The standard InChI is InChI=1S/C20H21N3O5/c1-14-17(7-4-8-18(14)23(26)27)20(25)22-11-9-21(10-12-22)19(24)15-5-3-6-16(13-15)28-2/h3-8,13H,9-12H2,1-2H3. The summed E-state index contributed by atoms with van der Waals surface area (Å²) in [4.78, 5) is 39.4. The molecule has 0 radical (unpaired) electrons. The Bertz CT molecular complexity index is 920. The first-order valence-electron chi connectivity index (χ1n) is 8.89. The molecule has 0 aromatic heterocycles. The third-order valence-corrected chi connectivity index (χ3v) is 4.90. The van der Waals surface area contributed by atoms with Crippen LogP contribution < -0.4 is 4.74 Å². The van der Waals surface area contributed by atoms with E-state index < -0.39 is 4.92 Å². The van der Waals surface area contributed by atoms with Gasteiger partial charge >= 0.3 is 0 Å². The predicted octanol–water partition coefficient (Wildman–Crippen LogP) is 2.51. The number of hydrogen-bond donors (Lipinski definition) is 0. The number of hydrogen-bond acceptors (Lipinski definition) is 5. The molecule has 28 heavy (non-hydrogen) atoms. The molecule has 2 amide bonds. The maximum absolute atomic E-state index is 12.8. The van der Waals surface area contributed by atoms with E-state index in [0.717, 1.165) is 0 Å². The van der Waals surface area contributed by atoms with E-state index in [-0.39, 0.29) is 17.5 Å². The van der Waals surface area contributed by atoms with Gasteiger partial charge < -0.3 is 14.5 Å². The Morgan fingerprint density at radius 2 is 1.61 bits per heavy atom. The zero-order valence-electron chi connectivity index (χ0n) is 15.8. The molecular formula is C20H21N3O5. The lowest BCUT2D eigenvalue weighted by atomic mass is 10.1. The van der Waals surface area contributed by atoms with E-state index in [0.29, 0.717) is 48.6 Å². The lowest BCUT2D eigenvalue weighted by molar-refractivity contribution is -0.385. The van der Waals surface area contributed by atoms with Crippen LogP contribution >= 0.6 is 0 Å². The molecule has 1 saturated heterocycles. The van der Waals surface area contributed by atoms with Gasteiger partial charge in [0, 0.05) is 48.9 Å². The third-order valence-electron chi connectivity index (χ3n) is 4.90. The molecule has 2 aromatic rings. The zero-order chi connectivity index (χ0) is 20.3. The summed E-state index contributed by atoms with van der Waals surface area (Å²) < 4.78 is 5.16. The Morgan fingerprint density at radius 3 is 2.21 bits per heavy atom. The normalized spacial score (nSPS) is 13.9. The fourth-order valence-electron chi connectivity index (χ4n) is 3.27. The highest BCUT2D eigenvalue weighted by molar-refractivity contribution is 5.97. The molecule has 1 aliphatic heterocycles. The molecule has 0 spiro atoms. The van der Waals surface area contributed by atoms with Crippen molar-refractivity contribution in [3.8, 4) is 5.75 Å². The minimum Gasteiger partial charge on any atom is -0.497 e. The largest absolute Gasteiger partial charge is 0.497 e. The quantitative estimate of drug-likeness (QED) is 0.597. The van der Waals surface area contributed by atoms with E-state index in [2.05, 4.69) is 0 Å². The van der Waals surface area contributed by atoms with Crippen molar-refractivity contribution in [1.82, 2.24) is 9.80 Å². The Hall–Kier alpha value is -3.42. The monoisotopic (exact) mass is 383 g/mol. The second-order valence-corrected chi connectivity index (χ2v) is 6.52. The van der Waals surface area contributed by atoms with Gasteiger partial charge in [0.2, 0.25) is 0 Å². The number of nitro benzene ring substituents is 1. The van der Waals surface area contributed by atoms with Gasteiger partial charge in [-0.25, -0.2) is 0 Å². The molecule has 0 N–H and O–H groups in total. The first-order valence-corrected chi connectivity index (χ1v) is 8.89. The number of carbonyl (C=O) groups is 2. The van der Waals surface area contributed by atoms with Crippen molar-refractivity contribution in [2.24, 2.45) is 0 Å². The minimum absolute atomic E-state index is 0.0716. The molecule has 1 heterocycles. The van der Waals surface area contributed by atoms with Crippen molar-refractivity contribution in [3.63, 3.8) is 0 Å². The molecule has 0 unspecified atom stereocenters. The van der Waals surface area contributed by atoms with Crippen molar-refractivity contribution < 1.29 is 19.2 Å². The molecule has 1 aliphatic rings. The highest BCUT2D eigenvalue weighted by Gasteiger charge is 2.27. The van der Waals surface area contributed by atoms with Gasteiger partial charge in [-0.3, -0.25) is 19.7 Å². The molecule has 2 aromatic carbocycles. The number of ether oxygens (including phenoxy) is 1. The van der Waals surface area contributed by atoms with Gasteiger partial charge in [0.15, 0.2) is 0 Å². The number of nitrogens with zero attached hydrogens (tertiary/aromatic N) is 3. The summed E-state index contributed by atoms with van der Waals surface area (Å²) in [5.41, 5.74) is 1.14. The van der Waals surface area contributed by atoms with Crippen LogP contribution in [-0.4, -0.2) is 59.8 Å². The molecule has 0 saturated carbocycles. The van der Waals surface area contributed by atoms with Crippen molar-refractivity contribution in [2.45, 2.75) is 6.92 Å². The number of benzene rings is 2. The fourth-order valence-corrected chi connectivity index (χ4v) is 3.27. The summed E-state index contributed by atoms with van der Waals surface area (Å²) in [5.74, 6) is 0.244.